The zero-order chi connectivity index (χ0) is 20.6. The third kappa shape index (κ3) is 7.07. The largest absolute Gasteiger partial charge is 0.368 e. The van der Waals surface area contributed by atoms with Crippen molar-refractivity contribution < 1.29 is 9.63 Å². The zero-order valence-electron chi connectivity index (χ0n) is 18.2. The maximum Gasteiger partial charge on any atom is 0.237 e. The fourth-order valence-corrected chi connectivity index (χ4v) is 4.53. The lowest BCUT2D eigenvalue weighted by molar-refractivity contribution is -0.154. The van der Waals surface area contributed by atoms with Gasteiger partial charge < -0.3 is 10.6 Å². The summed E-state index contributed by atoms with van der Waals surface area (Å²) < 4.78 is 0. The Morgan fingerprint density at radius 2 is 1.90 bits per heavy atom. The Balaban J connectivity index is 1.62. The molecule has 1 aliphatic heterocycles. The predicted molar refractivity (Wildman–Crippen MR) is 116 cm³/mol. The number of hydrogen-bond donors (Lipinski definition) is 1. The molecule has 0 spiro atoms. The van der Waals surface area contributed by atoms with E-state index in [9.17, 15) is 4.79 Å². The number of hydroxylamine groups is 2. The first kappa shape index (κ1) is 22.2. The molecule has 29 heavy (non-hydrogen) atoms. The van der Waals surface area contributed by atoms with Crippen LogP contribution in [0.1, 0.15) is 49.7 Å². The number of nitrogens with zero attached hydrogens (tertiary/aromatic N) is 3. The second-order valence-corrected chi connectivity index (χ2v) is 8.98. The molecule has 2 aliphatic rings. The van der Waals surface area contributed by atoms with Crippen molar-refractivity contribution in [3.8, 4) is 0 Å². The molecular weight excluding hydrogens is 364 g/mol. The lowest BCUT2D eigenvalue weighted by Gasteiger charge is -2.30. The molecule has 0 unspecified atom stereocenters. The van der Waals surface area contributed by atoms with E-state index in [0.717, 1.165) is 25.6 Å². The van der Waals surface area contributed by atoms with E-state index in [1.54, 1.807) is 5.06 Å². The van der Waals surface area contributed by atoms with E-state index in [4.69, 9.17) is 10.6 Å². The first-order valence-corrected chi connectivity index (χ1v) is 11.1. The van der Waals surface area contributed by atoms with Crippen molar-refractivity contribution >= 4 is 5.91 Å². The summed E-state index contributed by atoms with van der Waals surface area (Å²) in [7, 11) is 4.29. The van der Waals surface area contributed by atoms with Crippen molar-refractivity contribution in [2.75, 3.05) is 40.3 Å². The zero-order valence-corrected chi connectivity index (χ0v) is 18.2. The molecule has 0 aromatic heterocycles. The Morgan fingerprint density at radius 1 is 1.14 bits per heavy atom. The highest BCUT2D eigenvalue weighted by atomic mass is 16.7. The molecule has 162 valence electrons. The average Bonchev–Trinajstić information content (AvgIpc) is 3.15. The molecule has 2 fully saturated rings. The van der Waals surface area contributed by atoms with Crippen LogP contribution in [0.3, 0.4) is 0 Å². The number of carbonyl (C=O) groups excluding carboxylic acids is 1. The van der Waals surface area contributed by atoms with Crippen LogP contribution >= 0.6 is 0 Å². The topological polar surface area (TPSA) is 62.0 Å². The number of hydrogen-bond acceptors (Lipinski definition) is 5. The highest BCUT2D eigenvalue weighted by Crippen LogP contribution is 2.25. The van der Waals surface area contributed by atoms with E-state index in [1.807, 2.05) is 0 Å². The van der Waals surface area contributed by atoms with Crippen LogP contribution in [-0.4, -0.2) is 67.1 Å². The smallest absolute Gasteiger partial charge is 0.237 e. The van der Waals surface area contributed by atoms with Gasteiger partial charge in [-0.05, 0) is 50.4 Å². The maximum absolute atomic E-state index is 11.6. The maximum atomic E-state index is 11.6. The number of nitrogens with two attached hydrogens (primary N) is 1. The Hall–Kier alpha value is -1.47. The van der Waals surface area contributed by atoms with Crippen LogP contribution in [0.15, 0.2) is 24.3 Å². The Labute approximate surface area is 175 Å². The molecule has 6 nitrogen and oxygen atoms in total. The van der Waals surface area contributed by atoms with E-state index < -0.39 is 0 Å². The van der Waals surface area contributed by atoms with Gasteiger partial charge in [-0.2, -0.15) is 5.06 Å². The molecule has 1 aromatic rings. The van der Waals surface area contributed by atoms with E-state index >= 15 is 0 Å². The van der Waals surface area contributed by atoms with E-state index in [0.29, 0.717) is 19.6 Å². The molecule has 2 N–H and O–H groups in total. The summed E-state index contributed by atoms with van der Waals surface area (Å²) in [4.78, 5) is 22.1. The molecule has 0 radical (unpaired) electrons. The Bertz CT molecular complexity index is 646. The average molecular weight is 403 g/mol. The minimum atomic E-state index is -0.318. The summed E-state index contributed by atoms with van der Waals surface area (Å²) in [6, 6.07) is 8.37. The van der Waals surface area contributed by atoms with Crippen molar-refractivity contribution in [1.29, 1.82) is 0 Å². The summed E-state index contributed by atoms with van der Waals surface area (Å²) >= 11 is 0. The number of carbonyl (C=O) groups is 1. The number of benzene rings is 1. The fourth-order valence-electron chi connectivity index (χ4n) is 4.53. The SMILES string of the molecule is CN(C)CCN(Cc1cccc(CN2OCC[C@H]2C(N)=O)c1)CC1CCCCC1. The normalized spacial score (nSPS) is 21.3. The van der Waals surface area contributed by atoms with Gasteiger partial charge in [0.1, 0.15) is 6.04 Å². The molecule has 1 atom stereocenters. The van der Waals surface area contributed by atoms with Crippen LogP contribution in [-0.2, 0) is 22.7 Å². The van der Waals surface area contributed by atoms with Gasteiger partial charge in [0, 0.05) is 32.7 Å². The van der Waals surface area contributed by atoms with Gasteiger partial charge in [0.05, 0.1) is 6.61 Å². The molecule has 1 aromatic carbocycles. The molecule has 1 aliphatic carbocycles. The van der Waals surface area contributed by atoms with Crippen molar-refractivity contribution in [3.05, 3.63) is 35.4 Å². The van der Waals surface area contributed by atoms with E-state index in [2.05, 4.69) is 48.2 Å². The first-order valence-electron chi connectivity index (χ1n) is 11.1. The quantitative estimate of drug-likeness (QED) is 0.652. The molecular formula is C23H38N4O2. The van der Waals surface area contributed by atoms with Gasteiger partial charge in [0.2, 0.25) is 5.91 Å². The molecule has 1 heterocycles. The Kier molecular flexibility index (Phi) is 8.48. The van der Waals surface area contributed by atoms with Gasteiger partial charge in [-0.1, -0.05) is 43.5 Å². The number of rotatable bonds is 10. The molecule has 0 bridgehead atoms. The molecule has 1 saturated heterocycles. The minimum Gasteiger partial charge on any atom is -0.368 e. The minimum absolute atomic E-state index is 0.305. The van der Waals surface area contributed by atoms with E-state index in [1.165, 1.54) is 49.8 Å². The van der Waals surface area contributed by atoms with Crippen LogP contribution in [0, 0.1) is 5.92 Å². The standard InChI is InChI=1S/C23H38N4O2/c1-25(2)12-13-26(16-19-7-4-3-5-8-19)17-20-9-6-10-21(15-20)18-27-22(23(24)28)11-14-29-27/h6,9-10,15,19,22H,3-5,7-8,11-14,16-18H2,1-2H3,(H2,24,28)/t22-/m0/s1. The van der Waals surface area contributed by atoms with Crippen molar-refractivity contribution in [1.82, 2.24) is 14.9 Å². The third-order valence-corrected chi connectivity index (χ3v) is 6.17. The van der Waals surface area contributed by atoms with Crippen molar-refractivity contribution in [2.24, 2.45) is 11.7 Å². The lowest BCUT2D eigenvalue weighted by Crippen LogP contribution is -2.39. The fraction of sp³-hybridized carbons (Fsp3) is 0.696. The van der Waals surface area contributed by atoms with Crippen molar-refractivity contribution in [3.63, 3.8) is 0 Å². The molecule has 6 heteroatoms. The molecule has 1 amide bonds. The summed E-state index contributed by atoms with van der Waals surface area (Å²) in [5.41, 5.74) is 8.01. The van der Waals surface area contributed by atoms with Gasteiger partial charge in [0.15, 0.2) is 0 Å². The number of likely N-dealkylation sites (N-methyl/N-ethyl adjacent to an activating group) is 1. The van der Waals surface area contributed by atoms with Crippen LogP contribution in [0.25, 0.3) is 0 Å². The molecule has 3 rings (SSSR count). The lowest BCUT2D eigenvalue weighted by atomic mass is 9.89. The van der Waals surface area contributed by atoms with Crippen LogP contribution < -0.4 is 5.73 Å². The highest BCUT2D eigenvalue weighted by molar-refractivity contribution is 5.79. The second kappa shape index (κ2) is 11.1. The predicted octanol–water partition coefficient (Wildman–Crippen LogP) is 2.62. The van der Waals surface area contributed by atoms with Crippen LogP contribution in [0.2, 0.25) is 0 Å². The monoisotopic (exact) mass is 402 g/mol. The summed E-state index contributed by atoms with van der Waals surface area (Å²) in [6.07, 6.45) is 7.60. The molecule has 1 saturated carbocycles. The van der Waals surface area contributed by atoms with Crippen LogP contribution in [0.5, 0.6) is 0 Å². The first-order chi connectivity index (χ1) is 14.0. The number of amides is 1. The van der Waals surface area contributed by atoms with Crippen LogP contribution in [0.4, 0.5) is 0 Å². The van der Waals surface area contributed by atoms with Gasteiger partial charge in [-0.25, -0.2) is 0 Å². The van der Waals surface area contributed by atoms with Gasteiger partial charge >= 0.3 is 0 Å². The number of primary amides is 1. The van der Waals surface area contributed by atoms with Crippen molar-refractivity contribution in [2.45, 2.75) is 57.7 Å². The van der Waals surface area contributed by atoms with Gasteiger partial charge in [0.25, 0.3) is 0 Å². The third-order valence-electron chi connectivity index (χ3n) is 6.17. The summed E-state index contributed by atoms with van der Waals surface area (Å²) in [6.45, 7) is 5.49. The second-order valence-electron chi connectivity index (χ2n) is 8.98. The summed E-state index contributed by atoms with van der Waals surface area (Å²) in [5.74, 6) is 0.532. The summed E-state index contributed by atoms with van der Waals surface area (Å²) in [5, 5.41) is 1.74. The Morgan fingerprint density at radius 3 is 2.62 bits per heavy atom. The van der Waals surface area contributed by atoms with E-state index in [-0.39, 0.29) is 11.9 Å². The van der Waals surface area contributed by atoms with Gasteiger partial charge in [-0.15, -0.1) is 0 Å². The highest BCUT2D eigenvalue weighted by Gasteiger charge is 2.30. The van der Waals surface area contributed by atoms with Gasteiger partial charge in [-0.3, -0.25) is 14.5 Å².